The summed E-state index contributed by atoms with van der Waals surface area (Å²) in [5.74, 6) is 1.37. The van der Waals surface area contributed by atoms with Crippen LogP contribution < -0.4 is 5.32 Å². The molecule has 0 fully saturated rings. The number of halogens is 2. The molecule has 0 amide bonds. The fourth-order valence-electron chi connectivity index (χ4n) is 2.47. The fraction of sp³-hybridized carbons (Fsp3) is 0.0556. The number of fused-ring (bicyclic) bond motifs is 1. The normalized spacial score (nSPS) is 11.0. The molecule has 0 saturated heterocycles. The van der Waals surface area contributed by atoms with Crippen LogP contribution in [0.15, 0.2) is 58.6 Å². The smallest absolute Gasteiger partial charge is 0.195 e. The molecule has 0 spiro atoms. The molecule has 0 aliphatic heterocycles. The lowest BCUT2D eigenvalue weighted by molar-refractivity contribution is 1.00. The van der Waals surface area contributed by atoms with E-state index in [-0.39, 0.29) is 0 Å². The van der Waals surface area contributed by atoms with Gasteiger partial charge in [-0.05, 0) is 43.0 Å². The van der Waals surface area contributed by atoms with Crippen molar-refractivity contribution in [2.45, 2.75) is 17.0 Å². The van der Waals surface area contributed by atoms with Gasteiger partial charge in [-0.1, -0.05) is 41.4 Å². The summed E-state index contributed by atoms with van der Waals surface area (Å²) in [4.78, 5) is 10.0. The van der Waals surface area contributed by atoms with E-state index in [1.54, 1.807) is 12.1 Å². The molecule has 0 aliphatic rings. The van der Waals surface area contributed by atoms with Gasteiger partial charge in [0.2, 0.25) is 0 Å². The lowest BCUT2D eigenvalue weighted by Crippen LogP contribution is -1.99. The Morgan fingerprint density at radius 3 is 2.50 bits per heavy atom. The van der Waals surface area contributed by atoms with Crippen molar-refractivity contribution in [3.63, 3.8) is 0 Å². The van der Waals surface area contributed by atoms with Crippen molar-refractivity contribution in [2.24, 2.45) is 0 Å². The van der Waals surface area contributed by atoms with Gasteiger partial charge in [0, 0.05) is 17.1 Å². The van der Waals surface area contributed by atoms with Gasteiger partial charge < -0.3 is 5.32 Å². The first kappa shape index (κ1) is 17.1. The fourth-order valence-corrected chi connectivity index (χ4v) is 3.89. The summed E-state index contributed by atoms with van der Waals surface area (Å²) in [7, 11) is 0. The predicted octanol–water partition coefficient (Wildman–Crippen LogP) is 5.86. The van der Waals surface area contributed by atoms with Crippen molar-refractivity contribution < 1.29 is 0 Å². The molecule has 0 bridgehead atoms. The van der Waals surface area contributed by atoms with Crippen LogP contribution in [0.2, 0.25) is 10.0 Å². The standard InChI is InChI=1S/C18H13Cl2N5S/c1-10-9-15(25-24-10)22-17-11-5-2-3-8-14(11)21-18(23-17)26-16-12(19)6-4-7-13(16)20/h2-9H,1H3,(H2,21,22,23,24,25). The van der Waals surface area contributed by atoms with Crippen LogP contribution in [0.25, 0.3) is 10.9 Å². The first-order valence-electron chi connectivity index (χ1n) is 7.78. The van der Waals surface area contributed by atoms with Crippen molar-refractivity contribution in [3.05, 3.63) is 64.3 Å². The highest BCUT2D eigenvalue weighted by Crippen LogP contribution is 2.38. The van der Waals surface area contributed by atoms with E-state index in [1.165, 1.54) is 11.8 Å². The number of anilines is 2. The number of aryl methyl sites for hydroxylation is 1. The summed E-state index contributed by atoms with van der Waals surface area (Å²) in [6, 6.07) is 15.1. The molecule has 0 unspecified atom stereocenters. The number of hydrogen-bond donors (Lipinski definition) is 2. The van der Waals surface area contributed by atoms with Crippen molar-refractivity contribution in [2.75, 3.05) is 5.32 Å². The molecule has 2 aromatic heterocycles. The number of benzene rings is 2. The molecule has 2 aromatic carbocycles. The number of rotatable bonds is 4. The molecular weight excluding hydrogens is 389 g/mol. The van der Waals surface area contributed by atoms with E-state index < -0.39 is 0 Å². The minimum atomic E-state index is 0.549. The number of aromatic amines is 1. The van der Waals surface area contributed by atoms with E-state index in [4.69, 9.17) is 23.2 Å². The number of H-pyrrole nitrogens is 1. The highest BCUT2D eigenvalue weighted by Gasteiger charge is 2.13. The topological polar surface area (TPSA) is 66.5 Å². The van der Waals surface area contributed by atoms with Crippen molar-refractivity contribution in [1.29, 1.82) is 0 Å². The minimum Gasteiger partial charge on any atom is -0.323 e. The molecule has 26 heavy (non-hydrogen) atoms. The molecule has 0 atom stereocenters. The number of nitrogens with zero attached hydrogens (tertiary/aromatic N) is 3. The summed E-state index contributed by atoms with van der Waals surface area (Å²) < 4.78 is 0. The van der Waals surface area contributed by atoms with Gasteiger partial charge in [-0.15, -0.1) is 0 Å². The number of nitrogens with one attached hydrogen (secondary N) is 2. The molecule has 0 radical (unpaired) electrons. The summed E-state index contributed by atoms with van der Waals surface area (Å²) in [5, 5.41) is 13.0. The van der Waals surface area contributed by atoms with Crippen LogP contribution in [0.5, 0.6) is 0 Å². The maximum Gasteiger partial charge on any atom is 0.195 e. The molecule has 2 N–H and O–H groups in total. The number of hydrogen-bond acceptors (Lipinski definition) is 5. The second kappa shape index (κ2) is 7.15. The Morgan fingerprint density at radius 2 is 1.77 bits per heavy atom. The Labute approximate surface area is 164 Å². The van der Waals surface area contributed by atoms with E-state index >= 15 is 0 Å². The highest BCUT2D eigenvalue weighted by atomic mass is 35.5. The maximum absolute atomic E-state index is 6.28. The predicted molar refractivity (Wildman–Crippen MR) is 107 cm³/mol. The second-order valence-electron chi connectivity index (χ2n) is 5.59. The van der Waals surface area contributed by atoms with Gasteiger partial charge in [0.25, 0.3) is 0 Å². The van der Waals surface area contributed by atoms with Gasteiger partial charge in [0.15, 0.2) is 11.0 Å². The zero-order chi connectivity index (χ0) is 18.1. The van der Waals surface area contributed by atoms with E-state index in [2.05, 4.69) is 25.5 Å². The van der Waals surface area contributed by atoms with Gasteiger partial charge >= 0.3 is 0 Å². The zero-order valence-electron chi connectivity index (χ0n) is 13.6. The summed E-state index contributed by atoms with van der Waals surface area (Å²) in [6.45, 7) is 1.94. The lowest BCUT2D eigenvalue weighted by atomic mass is 10.2. The third kappa shape index (κ3) is 3.49. The highest BCUT2D eigenvalue weighted by molar-refractivity contribution is 7.99. The van der Waals surface area contributed by atoms with Gasteiger partial charge in [-0.3, -0.25) is 5.10 Å². The summed E-state index contributed by atoms with van der Waals surface area (Å²) in [6.07, 6.45) is 0. The van der Waals surface area contributed by atoms with Crippen LogP contribution in [-0.2, 0) is 0 Å². The summed E-state index contributed by atoms with van der Waals surface area (Å²) in [5.41, 5.74) is 1.78. The monoisotopic (exact) mass is 401 g/mol. The van der Waals surface area contributed by atoms with Gasteiger partial charge in [-0.25, -0.2) is 9.97 Å². The third-order valence-electron chi connectivity index (χ3n) is 3.65. The third-order valence-corrected chi connectivity index (χ3v) is 5.51. The quantitative estimate of drug-likeness (QED) is 0.419. The van der Waals surface area contributed by atoms with E-state index in [9.17, 15) is 0 Å². The van der Waals surface area contributed by atoms with Gasteiger partial charge in [0.1, 0.15) is 5.82 Å². The molecule has 0 saturated carbocycles. The Morgan fingerprint density at radius 1 is 1.00 bits per heavy atom. The average Bonchev–Trinajstić information content (AvgIpc) is 3.03. The molecule has 130 valence electrons. The van der Waals surface area contributed by atoms with E-state index in [0.717, 1.165) is 21.5 Å². The average molecular weight is 402 g/mol. The number of para-hydroxylation sites is 1. The SMILES string of the molecule is Cc1cc(Nc2nc(Sc3c(Cl)cccc3Cl)nc3ccccc23)n[nH]1. The molecule has 4 rings (SSSR count). The lowest BCUT2D eigenvalue weighted by Gasteiger charge is -2.10. The number of aromatic nitrogens is 4. The van der Waals surface area contributed by atoms with Gasteiger partial charge in [-0.2, -0.15) is 5.10 Å². The molecule has 4 aromatic rings. The van der Waals surface area contributed by atoms with Crippen LogP contribution >= 0.6 is 35.0 Å². The second-order valence-corrected chi connectivity index (χ2v) is 7.38. The van der Waals surface area contributed by atoms with Crippen LogP contribution in [0.4, 0.5) is 11.6 Å². The maximum atomic E-state index is 6.28. The van der Waals surface area contributed by atoms with Crippen molar-refractivity contribution in [1.82, 2.24) is 20.2 Å². The van der Waals surface area contributed by atoms with E-state index in [1.807, 2.05) is 43.3 Å². The molecule has 2 heterocycles. The van der Waals surface area contributed by atoms with Crippen LogP contribution in [0, 0.1) is 6.92 Å². The Kier molecular flexibility index (Phi) is 4.72. The van der Waals surface area contributed by atoms with Crippen LogP contribution in [0.3, 0.4) is 0 Å². The zero-order valence-corrected chi connectivity index (χ0v) is 16.0. The molecule has 5 nitrogen and oxygen atoms in total. The van der Waals surface area contributed by atoms with E-state index in [0.29, 0.717) is 26.8 Å². The Balaban J connectivity index is 1.78. The van der Waals surface area contributed by atoms with Gasteiger partial charge in [0.05, 0.1) is 20.5 Å². The summed E-state index contributed by atoms with van der Waals surface area (Å²) >= 11 is 13.9. The first-order valence-corrected chi connectivity index (χ1v) is 9.35. The Hall–Kier alpha value is -2.28. The van der Waals surface area contributed by atoms with Crippen molar-refractivity contribution >= 4 is 57.5 Å². The van der Waals surface area contributed by atoms with Crippen LogP contribution in [0.1, 0.15) is 5.69 Å². The largest absolute Gasteiger partial charge is 0.323 e. The molecule has 0 aliphatic carbocycles. The Bertz CT molecular complexity index is 1080. The van der Waals surface area contributed by atoms with Crippen LogP contribution in [-0.4, -0.2) is 20.2 Å². The minimum absolute atomic E-state index is 0.549. The first-order chi connectivity index (χ1) is 12.6. The van der Waals surface area contributed by atoms with Crippen molar-refractivity contribution in [3.8, 4) is 0 Å². The molecular formula is C18H13Cl2N5S. The molecule has 8 heteroatoms.